The van der Waals surface area contributed by atoms with Gasteiger partial charge >= 0.3 is 19.2 Å². The van der Waals surface area contributed by atoms with E-state index in [2.05, 4.69) is 10.4 Å². The van der Waals surface area contributed by atoms with Gasteiger partial charge in [0.1, 0.15) is 11.6 Å². The average molecular weight is 395 g/mol. The van der Waals surface area contributed by atoms with Gasteiger partial charge in [-0.3, -0.25) is 4.68 Å². The lowest BCUT2D eigenvalue weighted by atomic mass is 9.82. The van der Waals surface area contributed by atoms with Crippen molar-refractivity contribution in [1.82, 2.24) is 15.1 Å². The Bertz CT molecular complexity index is 709. The van der Waals surface area contributed by atoms with Gasteiger partial charge < -0.3 is 24.1 Å². The fourth-order valence-electron chi connectivity index (χ4n) is 2.54. The highest BCUT2D eigenvalue weighted by molar-refractivity contribution is 6.62. The van der Waals surface area contributed by atoms with E-state index >= 15 is 0 Å². The van der Waals surface area contributed by atoms with Crippen LogP contribution in [0, 0.1) is 0 Å². The van der Waals surface area contributed by atoms with E-state index in [-0.39, 0.29) is 6.54 Å². The van der Waals surface area contributed by atoms with E-state index in [1.807, 2.05) is 27.7 Å². The van der Waals surface area contributed by atoms with Crippen molar-refractivity contribution >= 4 is 24.6 Å². The summed E-state index contributed by atoms with van der Waals surface area (Å²) in [6.45, 7) is 13.2. The molecule has 1 amide bonds. The van der Waals surface area contributed by atoms with Crippen LogP contribution in [0.1, 0.15) is 48.5 Å². The second-order valence-corrected chi connectivity index (χ2v) is 8.81. The first-order valence-corrected chi connectivity index (χ1v) is 9.19. The molecule has 9 nitrogen and oxygen atoms in total. The van der Waals surface area contributed by atoms with Crippen LogP contribution in [-0.2, 0) is 30.1 Å². The minimum absolute atomic E-state index is 0.0748. The number of aromatic nitrogens is 2. The maximum atomic E-state index is 12.1. The minimum atomic E-state index is -0.953. The Labute approximate surface area is 166 Å². The summed E-state index contributed by atoms with van der Waals surface area (Å²) in [5.41, 5.74) is -0.890. The first-order valence-electron chi connectivity index (χ1n) is 9.19. The van der Waals surface area contributed by atoms with E-state index in [0.29, 0.717) is 0 Å². The highest BCUT2D eigenvalue weighted by Crippen LogP contribution is 2.36. The van der Waals surface area contributed by atoms with Crippen molar-refractivity contribution < 1.29 is 28.4 Å². The molecule has 0 aromatic carbocycles. The third kappa shape index (κ3) is 5.26. The molecule has 1 saturated heterocycles. The van der Waals surface area contributed by atoms with Gasteiger partial charge in [-0.2, -0.15) is 5.10 Å². The second-order valence-electron chi connectivity index (χ2n) is 8.81. The zero-order valence-electron chi connectivity index (χ0n) is 17.9. The van der Waals surface area contributed by atoms with E-state index in [9.17, 15) is 9.59 Å². The summed E-state index contributed by atoms with van der Waals surface area (Å²) in [7, 11) is 0.694. The first-order chi connectivity index (χ1) is 12.7. The van der Waals surface area contributed by atoms with Gasteiger partial charge in [0.25, 0.3) is 0 Å². The van der Waals surface area contributed by atoms with Crippen LogP contribution in [0.15, 0.2) is 12.4 Å². The molecule has 2 rings (SSSR count). The zero-order chi connectivity index (χ0) is 21.3. The monoisotopic (exact) mass is 395 g/mol. The van der Waals surface area contributed by atoms with Crippen LogP contribution in [0.2, 0.25) is 0 Å². The normalized spacial score (nSPS) is 19.2. The summed E-state index contributed by atoms with van der Waals surface area (Å²) < 4.78 is 23.5. The Balaban J connectivity index is 2.08. The standard InChI is InChI=1S/C18H30BN3O6/c1-16(2,3)26-15(24)21-13(14(23)25-8)11-22-10-12(9-20-22)19-27-17(4,5)18(6,7)28-19/h9-10,13H,11H2,1-8H3,(H,21,24)/t13-/m1/s1. The third-order valence-electron chi connectivity index (χ3n) is 4.72. The van der Waals surface area contributed by atoms with Crippen molar-refractivity contribution in [2.24, 2.45) is 0 Å². The van der Waals surface area contributed by atoms with E-state index in [1.165, 1.54) is 11.8 Å². The van der Waals surface area contributed by atoms with Crippen LogP contribution < -0.4 is 10.8 Å². The number of carbonyl (C=O) groups excluding carboxylic acids is 2. The van der Waals surface area contributed by atoms with Gasteiger partial charge in [0, 0.05) is 17.9 Å². The number of hydrogen-bond acceptors (Lipinski definition) is 7. The Hall–Kier alpha value is -2.07. The number of hydrogen-bond donors (Lipinski definition) is 1. The van der Waals surface area contributed by atoms with E-state index in [1.54, 1.807) is 33.2 Å². The number of carbonyl (C=O) groups is 2. The predicted molar refractivity (Wildman–Crippen MR) is 103 cm³/mol. The SMILES string of the molecule is COC(=O)[C@@H](Cn1cc(B2OC(C)(C)C(C)(C)O2)cn1)NC(=O)OC(C)(C)C. The number of esters is 1. The molecule has 1 atom stereocenters. The molecule has 10 heteroatoms. The molecule has 1 aromatic heterocycles. The number of methoxy groups -OCH3 is 1. The summed E-state index contributed by atoms with van der Waals surface area (Å²) in [6, 6.07) is -0.953. The molecule has 0 saturated carbocycles. The van der Waals surface area contributed by atoms with E-state index < -0.39 is 42.0 Å². The molecule has 1 aliphatic heterocycles. The van der Waals surface area contributed by atoms with Crippen LogP contribution in [0.5, 0.6) is 0 Å². The molecule has 0 radical (unpaired) electrons. The molecule has 2 heterocycles. The number of amides is 1. The largest absolute Gasteiger partial charge is 0.498 e. The van der Waals surface area contributed by atoms with E-state index in [0.717, 1.165) is 5.46 Å². The molecule has 0 unspecified atom stereocenters. The van der Waals surface area contributed by atoms with Gasteiger partial charge in [-0.25, -0.2) is 9.59 Å². The van der Waals surface area contributed by atoms with Gasteiger partial charge in [-0.15, -0.1) is 0 Å². The molecule has 156 valence electrons. The smallest absolute Gasteiger partial charge is 0.467 e. The van der Waals surface area contributed by atoms with Crippen LogP contribution >= 0.6 is 0 Å². The van der Waals surface area contributed by atoms with Gasteiger partial charge in [0.15, 0.2) is 0 Å². The number of nitrogens with one attached hydrogen (secondary N) is 1. The topological polar surface area (TPSA) is 101 Å². The summed E-state index contributed by atoms with van der Waals surface area (Å²) in [6.07, 6.45) is 2.62. The predicted octanol–water partition coefficient (Wildman–Crippen LogP) is 1.25. The maximum Gasteiger partial charge on any atom is 0.498 e. The lowest BCUT2D eigenvalue weighted by molar-refractivity contribution is -0.143. The first kappa shape index (κ1) is 22.2. The highest BCUT2D eigenvalue weighted by Gasteiger charge is 2.52. The van der Waals surface area contributed by atoms with Gasteiger partial charge in [-0.05, 0) is 48.5 Å². The molecule has 1 aliphatic rings. The number of nitrogens with zero attached hydrogens (tertiary/aromatic N) is 2. The molecular weight excluding hydrogens is 365 g/mol. The number of ether oxygens (including phenoxy) is 2. The lowest BCUT2D eigenvalue weighted by Crippen LogP contribution is -2.46. The molecule has 28 heavy (non-hydrogen) atoms. The number of rotatable bonds is 5. The van der Waals surface area contributed by atoms with Crippen molar-refractivity contribution in [1.29, 1.82) is 0 Å². The quantitative estimate of drug-likeness (QED) is 0.592. The second kappa shape index (κ2) is 7.75. The van der Waals surface area contributed by atoms with Gasteiger partial charge in [-0.1, -0.05) is 0 Å². The third-order valence-corrected chi connectivity index (χ3v) is 4.72. The Morgan fingerprint density at radius 1 is 1.25 bits per heavy atom. The van der Waals surface area contributed by atoms with Gasteiger partial charge in [0.05, 0.1) is 24.9 Å². The van der Waals surface area contributed by atoms with E-state index in [4.69, 9.17) is 18.8 Å². The summed E-state index contributed by atoms with van der Waals surface area (Å²) >= 11 is 0. The molecule has 0 bridgehead atoms. The van der Waals surface area contributed by atoms with Crippen LogP contribution in [0.25, 0.3) is 0 Å². The fraction of sp³-hybridized carbons (Fsp3) is 0.722. The Morgan fingerprint density at radius 2 is 1.82 bits per heavy atom. The van der Waals surface area contributed by atoms with Crippen molar-refractivity contribution in [3.05, 3.63) is 12.4 Å². The average Bonchev–Trinajstić information content (AvgIpc) is 3.06. The zero-order valence-corrected chi connectivity index (χ0v) is 17.9. The molecule has 0 spiro atoms. The summed E-state index contributed by atoms with van der Waals surface area (Å²) in [5.74, 6) is -0.599. The van der Waals surface area contributed by atoms with Crippen molar-refractivity contribution in [3.63, 3.8) is 0 Å². The molecular formula is C18H30BN3O6. The van der Waals surface area contributed by atoms with Gasteiger partial charge in [0.2, 0.25) is 0 Å². The molecule has 1 fully saturated rings. The minimum Gasteiger partial charge on any atom is -0.467 e. The van der Waals surface area contributed by atoms with Crippen LogP contribution in [0.3, 0.4) is 0 Å². The van der Waals surface area contributed by atoms with Crippen molar-refractivity contribution in [2.45, 2.75) is 77.9 Å². The molecule has 1 N–H and O–H groups in total. The Morgan fingerprint density at radius 3 is 2.32 bits per heavy atom. The van der Waals surface area contributed by atoms with Crippen molar-refractivity contribution in [3.8, 4) is 0 Å². The Kier molecular flexibility index (Phi) is 6.15. The van der Waals surface area contributed by atoms with Crippen LogP contribution in [-0.4, -0.2) is 58.9 Å². The highest BCUT2D eigenvalue weighted by atomic mass is 16.7. The molecule has 1 aromatic rings. The van der Waals surface area contributed by atoms with Crippen LogP contribution in [0.4, 0.5) is 4.79 Å². The molecule has 0 aliphatic carbocycles. The number of alkyl carbamates (subject to hydrolysis) is 1. The maximum absolute atomic E-state index is 12.1. The summed E-state index contributed by atoms with van der Waals surface area (Å²) in [4.78, 5) is 24.1. The lowest BCUT2D eigenvalue weighted by Gasteiger charge is -2.32. The fourth-order valence-corrected chi connectivity index (χ4v) is 2.54. The van der Waals surface area contributed by atoms with Crippen molar-refractivity contribution in [2.75, 3.05) is 7.11 Å². The summed E-state index contributed by atoms with van der Waals surface area (Å²) in [5, 5.41) is 6.77.